The molecule has 0 radical (unpaired) electrons. The van der Waals surface area contributed by atoms with Gasteiger partial charge >= 0.3 is 0 Å². The normalized spacial score (nSPS) is 22.0. The number of aromatic nitrogens is 4. The maximum atomic E-state index is 12.9. The fourth-order valence-electron chi connectivity index (χ4n) is 3.27. The molecule has 1 amide bonds. The van der Waals surface area contributed by atoms with E-state index in [1.807, 2.05) is 16.0 Å². The lowest BCUT2D eigenvalue weighted by molar-refractivity contribution is -0.126. The van der Waals surface area contributed by atoms with E-state index in [-0.39, 0.29) is 11.9 Å². The highest BCUT2D eigenvalue weighted by Gasteiger charge is 2.26. The van der Waals surface area contributed by atoms with Crippen LogP contribution in [0.2, 0.25) is 0 Å². The number of aromatic amines is 1. The zero-order valence-electron chi connectivity index (χ0n) is 13.9. The number of nitrogens with one attached hydrogen (secondary N) is 1. The van der Waals surface area contributed by atoms with E-state index in [1.165, 1.54) is 6.33 Å². The summed E-state index contributed by atoms with van der Waals surface area (Å²) in [4.78, 5) is 33.4. The molecule has 0 spiro atoms. The Labute approximate surface area is 149 Å². The molecule has 1 fully saturated rings. The number of rotatable bonds is 2. The van der Waals surface area contributed by atoms with E-state index in [4.69, 9.17) is 5.73 Å². The second kappa shape index (κ2) is 7.01. The molecule has 3 N–H and O–H groups in total. The van der Waals surface area contributed by atoms with Crippen molar-refractivity contribution in [3.63, 3.8) is 0 Å². The molecule has 2 aliphatic heterocycles. The zero-order chi connectivity index (χ0) is 17.2. The van der Waals surface area contributed by atoms with E-state index in [1.54, 1.807) is 18.1 Å². The lowest BCUT2D eigenvalue weighted by atomic mass is 10.2. The third kappa shape index (κ3) is 3.34. The molecule has 1 atom stereocenters. The van der Waals surface area contributed by atoms with E-state index in [2.05, 4.69) is 19.9 Å². The van der Waals surface area contributed by atoms with Gasteiger partial charge in [0.15, 0.2) is 11.5 Å². The van der Waals surface area contributed by atoms with Crippen LogP contribution in [0.3, 0.4) is 0 Å². The molecule has 0 bridgehead atoms. The van der Waals surface area contributed by atoms with Crippen molar-refractivity contribution in [1.82, 2.24) is 24.8 Å². The number of likely N-dealkylation sites (tertiary alicyclic amines) is 1. The average Bonchev–Trinajstić information content (AvgIpc) is 3.02. The Balaban J connectivity index is 1.60. The largest absolute Gasteiger partial charge is 0.340 e. The summed E-state index contributed by atoms with van der Waals surface area (Å²) in [6.45, 7) is 2.20. The Hall–Kier alpha value is -2.13. The van der Waals surface area contributed by atoms with E-state index >= 15 is 0 Å². The first kappa shape index (κ1) is 16.3. The monoisotopic (exact) mass is 359 g/mol. The fraction of sp³-hybridized carbons (Fsp3) is 0.500. The van der Waals surface area contributed by atoms with Crippen molar-refractivity contribution in [2.75, 3.05) is 30.3 Å². The lowest BCUT2D eigenvalue weighted by Crippen LogP contribution is -2.41. The van der Waals surface area contributed by atoms with Crippen LogP contribution < -0.4 is 10.6 Å². The molecule has 2 aromatic rings. The molecule has 2 aliphatic rings. The first-order valence-electron chi connectivity index (χ1n) is 8.52. The van der Waals surface area contributed by atoms with Crippen molar-refractivity contribution < 1.29 is 4.79 Å². The number of amides is 1. The molecule has 1 saturated heterocycles. The summed E-state index contributed by atoms with van der Waals surface area (Å²) < 4.78 is 0. The number of hydrogen-bond donors (Lipinski definition) is 2. The number of H-pyrrole nitrogens is 1. The van der Waals surface area contributed by atoms with Gasteiger partial charge in [0, 0.05) is 37.6 Å². The minimum absolute atomic E-state index is 0.0713. The molecule has 0 unspecified atom stereocenters. The van der Waals surface area contributed by atoms with Crippen LogP contribution in [0.4, 0.5) is 5.82 Å². The van der Waals surface area contributed by atoms with Crippen LogP contribution in [-0.2, 0) is 4.79 Å². The van der Waals surface area contributed by atoms with E-state index in [9.17, 15) is 4.79 Å². The number of carbonyl (C=O) groups is 1. The van der Waals surface area contributed by atoms with Crippen LogP contribution in [0.25, 0.3) is 11.2 Å². The van der Waals surface area contributed by atoms with Gasteiger partial charge in [-0.05, 0) is 12.8 Å². The summed E-state index contributed by atoms with van der Waals surface area (Å²) in [7, 11) is 0. The van der Waals surface area contributed by atoms with Crippen LogP contribution in [-0.4, -0.2) is 62.2 Å². The van der Waals surface area contributed by atoms with E-state index in [0.29, 0.717) is 12.2 Å². The third-order valence-corrected chi connectivity index (χ3v) is 5.52. The SMILES string of the molecule is N[C@H]1CCCCN(C(=O)C2=CN(c3ncnc4nc[nH]c34)CCS2)C1. The van der Waals surface area contributed by atoms with Gasteiger partial charge in [-0.1, -0.05) is 6.42 Å². The third-order valence-electron chi connectivity index (χ3n) is 4.54. The van der Waals surface area contributed by atoms with Gasteiger partial charge in [-0.25, -0.2) is 15.0 Å². The fourth-order valence-corrected chi connectivity index (χ4v) is 4.23. The van der Waals surface area contributed by atoms with Crippen molar-refractivity contribution in [3.8, 4) is 0 Å². The van der Waals surface area contributed by atoms with Gasteiger partial charge in [-0.15, -0.1) is 11.8 Å². The van der Waals surface area contributed by atoms with Crippen LogP contribution in [0.5, 0.6) is 0 Å². The summed E-state index contributed by atoms with van der Waals surface area (Å²) in [5.41, 5.74) is 7.52. The predicted octanol–water partition coefficient (Wildman–Crippen LogP) is 1.09. The number of fused-ring (bicyclic) bond motifs is 1. The molecule has 0 saturated carbocycles. The molecule has 132 valence electrons. The van der Waals surface area contributed by atoms with Crippen molar-refractivity contribution in [2.24, 2.45) is 5.73 Å². The molecule has 2 aromatic heterocycles. The Bertz CT molecular complexity index is 805. The van der Waals surface area contributed by atoms with E-state index in [0.717, 1.165) is 54.3 Å². The van der Waals surface area contributed by atoms with Gasteiger partial charge in [-0.2, -0.15) is 0 Å². The molecule has 4 rings (SSSR count). The first-order valence-corrected chi connectivity index (χ1v) is 9.51. The quantitative estimate of drug-likeness (QED) is 0.827. The summed E-state index contributed by atoms with van der Waals surface area (Å²) in [6, 6.07) is 0.0724. The van der Waals surface area contributed by atoms with Crippen LogP contribution in [0, 0.1) is 0 Å². The Morgan fingerprint density at radius 3 is 3.12 bits per heavy atom. The van der Waals surface area contributed by atoms with Gasteiger partial charge in [0.05, 0.1) is 11.2 Å². The number of thioether (sulfide) groups is 1. The number of imidazole rings is 1. The van der Waals surface area contributed by atoms with E-state index < -0.39 is 0 Å². The number of anilines is 1. The minimum Gasteiger partial charge on any atom is -0.340 e. The van der Waals surface area contributed by atoms with Crippen molar-refractivity contribution in [3.05, 3.63) is 23.8 Å². The van der Waals surface area contributed by atoms with Crippen LogP contribution in [0.15, 0.2) is 23.8 Å². The summed E-state index contributed by atoms with van der Waals surface area (Å²) in [5.74, 6) is 1.65. The smallest absolute Gasteiger partial charge is 0.261 e. The average molecular weight is 359 g/mol. The van der Waals surface area contributed by atoms with Gasteiger partial charge in [0.1, 0.15) is 11.8 Å². The number of hydrogen-bond acceptors (Lipinski definition) is 7. The summed E-state index contributed by atoms with van der Waals surface area (Å²) >= 11 is 1.60. The second-order valence-electron chi connectivity index (χ2n) is 6.34. The Kier molecular flexibility index (Phi) is 4.58. The Morgan fingerprint density at radius 1 is 1.28 bits per heavy atom. The zero-order valence-corrected chi connectivity index (χ0v) is 14.7. The lowest BCUT2D eigenvalue weighted by Gasteiger charge is -2.29. The summed E-state index contributed by atoms with van der Waals surface area (Å²) in [6.07, 6.45) is 8.10. The molecule has 4 heterocycles. The topological polar surface area (TPSA) is 104 Å². The second-order valence-corrected chi connectivity index (χ2v) is 7.48. The number of carbonyl (C=O) groups excluding carboxylic acids is 1. The van der Waals surface area contributed by atoms with Crippen LogP contribution >= 0.6 is 11.8 Å². The van der Waals surface area contributed by atoms with Crippen molar-refractivity contribution in [2.45, 2.75) is 25.3 Å². The molecule has 8 nitrogen and oxygen atoms in total. The Morgan fingerprint density at radius 2 is 2.20 bits per heavy atom. The molecular weight excluding hydrogens is 338 g/mol. The first-order chi connectivity index (χ1) is 12.2. The minimum atomic E-state index is 0.0713. The highest BCUT2D eigenvalue weighted by molar-refractivity contribution is 8.04. The summed E-state index contributed by atoms with van der Waals surface area (Å²) in [5, 5.41) is 0. The number of nitrogens with zero attached hydrogens (tertiary/aromatic N) is 5. The highest BCUT2D eigenvalue weighted by atomic mass is 32.2. The highest BCUT2D eigenvalue weighted by Crippen LogP contribution is 2.29. The molecule has 9 heteroatoms. The van der Waals surface area contributed by atoms with Crippen LogP contribution in [0.1, 0.15) is 19.3 Å². The maximum absolute atomic E-state index is 12.9. The maximum Gasteiger partial charge on any atom is 0.261 e. The molecule has 0 aliphatic carbocycles. The molecule has 25 heavy (non-hydrogen) atoms. The van der Waals surface area contributed by atoms with Crippen molar-refractivity contribution in [1.29, 1.82) is 0 Å². The van der Waals surface area contributed by atoms with Crippen molar-refractivity contribution >= 4 is 34.7 Å². The molecule has 0 aromatic carbocycles. The standard InChI is InChI=1S/C16H21N7OS/c17-11-3-1-2-4-23(7-11)16(24)12-8-22(5-6-25-12)15-13-14(19-9-18-13)20-10-21-15/h8-11H,1-7,17H2,(H,18,19,20,21)/t11-/m0/s1. The van der Waals surface area contributed by atoms with Gasteiger partial charge in [0.2, 0.25) is 0 Å². The van der Waals surface area contributed by atoms with Gasteiger partial charge in [-0.3, -0.25) is 4.79 Å². The predicted molar refractivity (Wildman–Crippen MR) is 98.0 cm³/mol. The number of nitrogens with two attached hydrogens (primary N) is 1. The van der Waals surface area contributed by atoms with Gasteiger partial charge < -0.3 is 20.5 Å². The van der Waals surface area contributed by atoms with Gasteiger partial charge in [0.25, 0.3) is 5.91 Å². The molecular formula is C16H21N7OS.